The Morgan fingerprint density at radius 1 is 1.30 bits per heavy atom. The van der Waals surface area contributed by atoms with Crippen molar-refractivity contribution < 1.29 is 18.1 Å². The molecule has 0 fully saturated rings. The number of benzene rings is 1. The Hall–Kier alpha value is -3.23. The molecule has 0 saturated heterocycles. The van der Waals surface area contributed by atoms with E-state index in [1.165, 1.54) is 0 Å². The summed E-state index contributed by atoms with van der Waals surface area (Å²) in [5.74, 6) is -0.308. The smallest absolute Gasteiger partial charge is 0.315 e. The van der Waals surface area contributed by atoms with E-state index in [4.69, 9.17) is 0 Å². The molecule has 0 spiro atoms. The van der Waals surface area contributed by atoms with Gasteiger partial charge in [0.1, 0.15) is 11.5 Å². The summed E-state index contributed by atoms with van der Waals surface area (Å²) >= 11 is 0. The van der Waals surface area contributed by atoms with Gasteiger partial charge in [0.15, 0.2) is 0 Å². The lowest BCUT2D eigenvalue weighted by Crippen LogP contribution is -2.28. The molecular formula is C18H15F2N5O2. The second kappa shape index (κ2) is 6.82. The van der Waals surface area contributed by atoms with Gasteiger partial charge in [-0.1, -0.05) is 17.3 Å². The number of carbonyl (C=O) groups is 1. The van der Waals surface area contributed by atoms with E-state index >= 15 is 0 Å². The highest BCUT2D eigenvalue weighted by atomic mass is 19.3. The fourth-order valence-corrected chi connectivity index (χ4v) is 3.16. The number of carbonyl (C=O) groups excluding carboxylic acids is 1. The summed E-state index contributed by atoms with van der Waals surface area (Å²) in [5, 5.41) is 6.58. The van der Waals surface area contributed by atoms with Crippen molar-refractivity contribution in [1.82, 2.24) is 25.4 Å². The number of halogens is 2. The van der Waals surface area contributed by atoms with Gasteiger partial charge in [-0.2, -0.15) is 13.8 Å². The number of amides is 1. The van der Waals surface area contributed by atoms with Crippen LogP contribution in [0.15, 0.2) is 35.0 Å². The lowest BCUT2D eigenvalue weighted by Gasteiger charge is -2.14. The van der Waals surface area contributed by atoms with Crippen LogP contribution in [0.4, 0.5) is 8.78 Å². The highest BCUT2D eigenvalue weighted by Gasteiger charge is 2.26. The van der Waals surface area contributed by atoms with Crippen LogP contribution < -0.4 is 5.32 Å². The maximum Gasteiger partial charge on any atom is 0.315 e. The molecular weight excluding hydrogens is 356 g/mol. The fraction of sp³-hybridized carbons (Fsp3) is 0.278. The monoisotopic (exact) mass is 371 g/mol. The van der Waals surface area contributed by atoms with Gasteiger partial charge in [0.2, 0.25) is 5.82 Å². The van der Waals surface area contributed by atoms with E-state index in [1.807, 2.05) is 12.1 Å². The van der Waals surface area contributed by atoms with Crippen LogP contribution in [0.25, 0.3) is 11.4 Å². The van der Waals surface area contributed by atoms with Crippen LogP contribution in [-0.2, 0) is 6.42 Å². The molecule has 0 aliphatic heterocycles. The summed E-state index contributed by atoms with van der Waals surface area (Å²) in [6.07, 6.45) is 0.232. The molecule has 1 aromatic carbocycles. The molecule has 1 amide bonds. The zero-order chi connectivity index (χ0) is 19.0. The molecule has 0 saturated carbocycles. The molecule has 1 atom stereocenters. The van der Waals surface area contributed by atoms with Crippen LogP contribution in [0.5, 0.6) is 0 Å². The van der Waals surface area contributed by atoms with Crippen LogP contribution in [0.3, 0.4) is 0 Å². The summed E-state index contributed by atoms with van der Waals surface area (Å²) in [5.41, 5.74) is 2.91. The molecule has 1 unspecified atom stereocenters. The van der Waals surface area contributed by atoms with Gasteiger partial charge in [0.25, 0.3) is 11.8 Å². The van der Waals surface area contributed by atoms with E-state index in [0.29, 0.717) is 17.1 Å². The molecule has 4 rings (SSSR count). The third-order valence-electron chi connectivity index (χ3n) is 4.42. The van der Waals surface area contributed by atoms with Crippen molar-refractivity contribution >= 4 is 5.91 Å². The molecule has 0 bridgehead atoms. The highest BCUT2D eigenvalue weighted by Crippen LogP contribution is 2.34. The lowest BCUT2D eigenvalue weighted by molar-refractivity contribution is 0.0931. The van der Waals surface area contributed by atoms with Crippen LogP contribution in [0, 0.1) is 6.92 Å². The van der Waals surface area contributed by atoms with E-state index in [9.17, 15) is 13.6 Å². The molecule has 2 heterocycles. The minimum atomic E-state index is -2.80. The molecule has 27 heavy (non-hydrogen) atoms. The molecule has 1 aliphatic rings. The number of hydrogen-bond donors (Lipinski definition) is 1. The van der Waals surface area contributed by atoms with Crippen molar-refractivity contribution in [1.29, 1.82) is 0 Å². The minimum Gasteiger partial charge on any atom is -0.344 e. The van der Waals surface area contributed by atoms with E-state index in [-0.39, 0.29) is 17.8 Å². The van der Waals surface area contributed by atoms with E-state index in [2.05, 4.69) is 29.9 Å². The third-order valence-corrected chi connectivity index (χ3v) is 4.42. The molecule has 1 N–H and O–H groups in total. The molecule has 3 aromatic rings. The summed E-state index contributed by atoms with van der Waals surface area (Å²) in [6, 6.07) is 6.86. The highest BCUT2D eigenvalue weighted by molar-refractivity contribution is 5.92. The SMILES string of the molecule is Cc1nccc(C(=O)NC2CCc3cc(-c4noc(C(F)F)n4)ccc32)n1. The predicted octanol–water partition coefficient (Wildman–Crippen LogP) is 3.19. The number of nitrogens with one attached hydrogen (secondary N) is 1. The standard InChI is InChI=1S/C18H15F2N5O2/c1-9-21-7-6-14(22-9)17(26)23-13-5-3-10-8-11(2-4-12(10)13)16-24-18(15(19)20)27-25-16/h2,4,6-8,13,15H,3,5H2,1H3,(H,23,26). The molecule has 9 heteroatoms. The average molecular weight is 371 g/mol. The van der Waals surface area contributed by atoms with Crippen molar-refractivity contribution in [3.05, 3.63) is 59.0 Å². The summed E-state index contributed by atoms with van der Waals surface area (Å²) < 4.78 is 29.8. The molecule has 1 aliphatic carbocycles. The van der Waals surface area contributed by atoms with E-state index in [1.54, 1.807) is 25.3 Å². The van der Waals surface area contributed by atoms with Gasteiger partial charge in [-0.25, -0.2) is 9.97 Å². The quantitative estimate of drug-likeness (QED) is 0.757. The number of alkyl halides is 2. The number of nitrogens with zero attached hydrogens (tertiary/aromatic N) is 4. The Kier molecular flexibility index (Phi) is 4.35. The van der Waals surface area contributed by atoms with Gasteiger partial charge < -0.3 is 9.84 Å². The van der Waals surface area contributed by atoms with Gasteiger partial charge in [0.05, 0.1) is 6.04 Å². The summed E-state index contributed by atoms with van der Waals surface area (Å²) in [6.45, 7) is 1.72. The largest absolute Gasteiger partial charge is 0.344 e. The zero-order valence-electron chi connectivity index (χ0n) is 14.3. The Labute approximate surface area is 152 Å². The predicted molar refractivity (Wildman–Crippen MR) is 90.0 cm³/mol. The van der Waals surface area contributed by atoms with Crippen molar-refractivity contribution in [3.8, 4) is 11.4 Å². The average Bonchev–Trinajstić information content (AvgIpc) is 3.29. The van der Waals surface area contributed by atoms with E-state index < -0.39 is 12.3 Å². The van der Waals surface area contributed by atoms with Crippen LogP contribution in [0.2, 0.25) is 0 Å². The number of fused-ring (bicyclic) bond motifs is 1. The lowest BCUT2D eigenvalue weighted by atomic mass is 10.0. The maximum absolute atomic E-state index is 12.6. The van der Waals surface area contributed by atoms with Gasteiger partial charge in [-0.15, -0.1) is 0 Å². The third kappa shape index (κ3) is 3.40. The topological polar surface area (TPSA) is 93.8 Å². The first kappa shape index (κ1) is 17.2. The first-order chi connectivity index (χ1) is 13.0. The van der Waals surface area contributed by atoms with Gasteiger partial charge in [-0.05, 0) is 43.0 Å². The number of rotatable bonds is 4. The molecule has 7 nitrogen and oxygen atoms in total. The maximum atomic E-state index is 12.6. The van der Waals surface area contributed by atoms with Crippen molar-refractivity contribution in [2.45, 2.75) is 32.2 Å². The zero-order valence-corrected chi connectivity index (χ0v) is 14.3. The first-order valence-corrected chi connectivity index (χ1v) is 8.36. The van der Waals surface area contributed by atoms with Gasteiger partial charge in [-0.3, -0.25) is 4.79 Å². The number of aryl methyl sites for hydroxylation is 2. The Bertz CT molecular complexity index is 1000. The summed E-state index contributed by atoms with van der Waals surface area (Å²) in [4.78, 5) is 24.2. The van der Waals surface area contributed by atoms with Crippen molar-refractivity contribution in [2.24, 2.45) is 0 Å². The van der Waals surface area contributed by atoms with E-state index in [0.717, 1.165) is 24.0 Å². The number of aromatic nitrogens is 4. The Balaban J connectivity index is 1.53. The minimum absolute atomic E-state index is 0.122. The second-order valence-electron chi connectivity index (χ2n) is 6.22. The molecule has 138 valence electrons. The fourth-order valence-electron chi connectivity index (χ4n) is 3.16. The Morgan fingerprint density at radius 2 is 2.15 bits per heavy atom. The van der Waals surface area contributed by atoms with Gasteiger partial charge in [0, 0.05) is 11.8 Å². The van der Waals surface area contributed by atoms with Crippen LogP contribution in [0.1, 0.15) is 52.2 Å². The molecule has 2 aromatic heterocycles. The van der Waals surface area contributed by atoms with Crippen LogP contribution in [-0.4, -0.2) is 26.0 Å². The van der Waals surface area contributed by atoms with Crippen molar-refractivity contribution in [3.63, 3.8) is 0 Å². The van der Waals surface area contributed by atoms with Crippen LogP contribution >= 0.6 is 0 Å². The van der Waals surface area contributed by atoms with Crippen molar-refractivity contribution in [2.75, 3.05) is 0 Å². The summed E-state index contributed by atoms with van der Waals surface area (Å²) in [7, 11) is 0. The molecule has 0 radical (unpaired) electrons. The Morgan fingerprint density at radius 3 is 2.89 bits per heavy atom. The first-order valence-electron chi connectivity index (χ1n) is 8.36. The normalized spacial score (nSPS) is 15.8. The van der Waals surface area contributed by atoms with Gasteiger partial charge >= 0.3 is 6.43 Å². The number of hydrogen-bond acceptors (Lipinski definition) is 6. The second-order valence-corrected chi connectivity index (χ2v) is 6.22.